The van der Waals surface area contributed by atoms with Gasteiger partial charge in [-0.25, -0.2) is 0 Å². The minimum absolute atomic E-state index is 0.322. The van der Waals surface area contributed by atoms with Gasteiger partial charge in [-0.05, 0) is 12.8 Å². The summed E-state index contributed by atoms with van der Waals surface area (Å²) in [6.07, 6.45) is 2.05. The Hall–Kier alpha value is -1.32. The zero-order valence-electron chi connectivity index (χ0n) is 9.36. The summed E-state index contributed by atoms with van der Waals surface area (Å²) in [4.78, 5) is 6.51. The van der Waals surface area contributed by atoms with Gasteiger partial charge in [-0.15, -0.1) is 0 Å². The van der Waals surface area contributed by atoms with Crippen molar-refractivity contribution < 1.29 is 4.52 Å². The van der Waals surface area contributed by atoms with Crippen molar-refractivity contribution in [2.75, 3.05) is 18.0 Å². The van der Waals surface area contributed by atoms with Crippen LogP contribution in [0.25, 0.3) is 0 Å². The quantitative estimate of drug-likeness (QED) is 0.698. The molecule has 0 saturated carbocycles. The average molecular weight is 207 g/mol. The largest absolute Gasteiger partial charge is 0.324 e. The molecule has 2 rings (SSSR count). The van der Waals surface area contributed by atoms with Crippen molar-refractivity contribution in [1.82, 2.24) is 10.1 Å². The van der Waals surface area contributed by atoms with E-state index in [0.29, 0.717) is 11.9 Å². The molecule has 1 aromatic heterocycles. The second-order valence-corrected chi connectivity index (χ2v) is 4.33. The molecule has 0 N–H and O–H groups in total. The van der Waals surface area contributed by atoms with Crippen molar-refractivity contribution in [1.29, 1.82) is 0 Å². The molecule has 1 fully saturated rings. The van der Waals surface area contributed by atoms with E-state index in [1.54, 1.807) is 0 Å². The van der Waals surface area contributed by atoms with Crippen LogP contribution >= 0.6 is 0 Å². The van der Waals surface area contributed by atoms with Gasteiger partial charge in [0.15, 0.2) is 5.82 Å². The molecule has 1 aliphatic heterocycles. The molecule has 0 aromatic carbocycles. The van der Waals surface area contributed by atoms with Gasteiger partial charge in [0.1, 0.15) is 0 Å². The van der Waals surface area contributed by atoms with Crippen LogP contribution in [-0.4, -0.2) is 23.2 Å². The summed E-state index contributed by atoms with van der Waals surface area (Å²) in [5.41, 5.74) is 1.31. The lowest BCUT2D eigenvalue weighted by atomic mass is 10.1. The molecule has 0 atom stereocenters. The number of piperidine rings is 1. The SMILES string of the molecule is C=C1CCN(c2nc(C(C)C)no2)CC1. The van der Waals surface area contributed by atoms with E-state index >= 15 is 0 Å². The third-order valence-corrected chi connectivity index (χ3v) is 2.69. The van der Waals surface area contributed by atoms with Crippen molar-refractivity contribution in [2.45, 2.75) is 32.6 Å². The first kappa shape index (κ1) is 10.2. The summed E-state index contributed by atoms with van der Waals surface area (Å²) in [7, 11) is 0. The lowest BCUT2D eigenvalue weighted by molar-refractivity contribution is 0.400. The summed E-state index contributed by atoms with van der Waals surface area (Å²) < 4.78 is 5.24. The van der Waals surface area contributed by atoms with Gasteiger partial charge in [-0.3, -0.25) is 0 Å². The maximum absolute atomic E-state index is 5.24. The fraction of sp³-hybridized carbons (Fsp3) is 0.636. The maximum atomic E-state index is 5.24. The van der Waals surface area contributed by atoms with Crippen LogP contribution in [0.2, 0.25) is 0 Å². The van der Waals surface area contributed by atoms with E-state index in [4.69, 9.17) is 4.52 Å². The minimum Gasteiger partial charge on any atom is -0.324 e. The van der Waals surface area contributed by atoms with Crippen molar-refractivity contribution in [3.63, 3.8) is 0 Å². The highest BCUT2D eigenvalue weighted by Crippen LogP contribution is 2.21. The average Bonchev–Trinajstić information content (AvgIpc) is 2.68. The summed E-state index contributed by atoms with van der Waals surface area (Å²) in [6, 6.07) is 0.659. The third-order valence-electron chi connectivity index (χ3n) is 2.69. The number of nitrogens with zero attached hydrogens (tertiary/aromatic N) is 3. The van der Waals surface area contributed by atoms with E-state index < -0.39 is 0 Å². The second kappa shape index (κ2) is 4.04. The van der Waals surface area contributed by atoms with Crippen LogP contribution < -0.4 is 4.90 Å². The molecule has 0 bridgehead atoms. The van der Waals surface area contributed by atoms with Crippen molar-refractivity contribution in [2.24, 2.45) is 0 Å². The molecule has 4 heteroatoms. The first-order valence-corrected chi connectivity index (χ1v) is 5.42. The van der Waals surface area contributed by atoms with E-state index in [9.17, 15) is 0 Å². The molecule has 0 aliphatic carbocycles. The smallest absolute Gasteiger partial charge is 0.324 e. The summed E-state index contributed by atoms with van der Waals surface area (Å²) >= 11 is 0. The highest BCUT2D eigenvalue weighted by molar-refractivity contribution is 5.28. The molecule has 0 unspecified atom stereocenters. The Labute approximate surface area is 90.0 Å². The normalized spacial score (nSPS) is 17.5. The Kier molecular flexibility index (Phi) is 2.75. The number of anilines is 1. The first-order chi connectivity index (χ1) is 7.16. The van der Waals surface area contributed by atoms with Crippen LogP contribution in [0.15, 0.2) is 16.7 Å². The van der Waals surface area contributed by atoms with Crippen LogP contribution in [0.4, 0.5) is 6.01 Å². The van der Waals surface area contributed by atoms with E-state index in [-0.39, 0.29) is 0 Å². The van der Waals surface area contributed by atoms with Crippen LogP contribution in [0, 0.1) is 0 Å². The van der Waals surface area contributed by atoms with Crippen LogP contribution in [0.3, 0.4) is 0 Å². The number of hydrogen-bond acceptors (Lipinski definition) is 4. The van der Waals surface area contributed by atoms with Crippen molar-refractivity contribution >= 4 is 6.01 Å². The zero-order valence-corrected chi connectivity index (χ0v) is 9.36. The van der Waals surface area contributed by atoms with Gasteiger partial charge in [-0.2, -0.15) is 4.98 Å². The maximum Gasteiger partial charge on any atom is 0.324 e. The monoisotopic (exact) mass is 207 g/mol. The Morgan fingerprint density at radius 3 is 2.53 bits per heavy atom. The summed E-state index contributed by atoms with van der Waals surface area (Å²) in [5.74, 6) is 1.11. The summed E-state index contributed by atoms with van der Waals surface area (Å²) in [6.45, 7) is 9.99. The fourth-order valence-corrected chi connectivity index (χ4v) is 1.60. The predicted octanol–water partition coefficient (Wildman–Crippen LogP) is 2.35. The number of hydrogen-bond donors (Lipinski definition) is 0. The minimum atomic E-state index is 0.322. The Bertz CT molecular complexity index is 346. The number of rotatable bonds is 2. The lowest BCUT2D eigenvalue weighted by Crippen LogP contribution is -2.30. The van der Waals surface area contributed by atoms with Gasteiger partial charge in [0.25, 0.3) is 0 Å². The van der Waals surface area contributed by atoms with E-state index in [2.05, 4.69) is 35.5 Å². The molecule has 2 heterocycles. The lowest BCUT2D eigenvalue weighted by Gasteiger charge is -2.25. The molecular weight excluding hydrogens is 190 g/mol. The van der Waals surface area contributed by atoms with Crippen molar-refractivity contribution in [3.8, 4) is 0 Å². The van der Waals surface area contributed by atoms with Gasteiger partial charge >= 0.3 is 6.01 Å². The molecule has 82 valence electrons. The molecule has 1 aliphatic rings. The van der Waals surface area contributed by atoms with E-state index in [1.165, 1.54) is 5.57 Å². The first-order valence-electron chi connectivity index (χ1n) is 5.42. The molecule has 0 amide bonds. The Morgan fingerprint density at radius 1 is 1.33 bits per heavy atom. The Morgan fingerprint density at radius 2 is 2.00 bits per heavy atom. The predicted molar refractivity (Wildman–Crippen MR) is 59.0 cm³/mol. The topological polar surface area (TPSA) is 42.2 Å². The van der Waals surface area contributed by atoms with Gasteiger partial charge in [0.05, 0.1) is 0 Å². The van der Waals surface area contributed by atoms with Gasteiger partial charge < -0.3 is 9.42 Å². The van der Waals surface area contributed by atoms with Crippen LogP contribution in [-0.2, 0) is 0 Å². The molecule has 0 radical (unpaired) electrons. The standard InChI is InChI=1S/C11H17N3O/c1-8(2)10-12-11(15-13-10)14-6-4-9(3)5-7-14/h8H,3-7H2,1-2H3. The molecular formula is C11H17N3O. The summed E-state index contributed by atoms with van der Waals surface area (Å²) in [5, 5.41) is 3.96. The zero-order chi connectivity index (χ0) is 10.8. The van der Waals surface area contributed by atoms with Gasteiger partial charge in [-0.1, -0.05) is 31.2 Å². The molecule has 4 nitrogen and oxygen atoms in total. The molecule has 0 spiro atoms. The van der Waals surface area contributed by atoms with Crippen LogP contribution in [0.1, 0.15) is 38.4 Å². The second-order valence-electron chi connectivity index (χ2n) is 4.33. The highest BCUT2D eigenvalue weighted by atomic mass is 16.5. The highest BCUT2D eigenvalue weighted by Gasteiger charge is 2.19. The van der Waals surface area contributed by atoms with Gasteiger partial charge in [0.2, 0.25) is 0 Å². The van der Waals surface area contributed by atoms with Crippen molar-refractivity contribution in [3.05, 3.63) is 18.0 Å². The Balaban J connectivity index is 2.06. The third kappa shape index (κ3) is 2.19. The van der Waals surface area contributed by atoms with E-state index in [1.807, 2.05) is 0 Å². The molecule has 1 aromatic rings. The van der Waals surface area contributed by atoms with Crippen LogP contribution in [0.5, 0.6) is 0 Å². The van der Waals surface area contributed by atoms with E-state index in [0.717, 1.165) is 31.8 Å². The molecule has 15 heavy (non-hydrogen) atoms. The molecule has 1 saturated heterocycles. The fourth-order valence-electron chi connectivity index (χ4n) is 1.60. The number of aromatic nitrogens is 2. The van der Waals surface area contributed by atoms with Gasteiger partial charge in [0, 0.05) is 19.0 Å².